The van der Waals surface area contributed by atoms with Gasteiger partial charge >= 0.3 is 0 Å². The van der Waals surface area contributed by atoms with E-state index in [0.29, 0.717) is 30.2 Å². The number of hydrogen-bond donors (Lipinski definition) is 2. The summed E-state index contributed by atoms with van der Waals surface area (Å²) in [7, 11) is 1.55. The second-order valence-electron chi connectivity index (χ2n) is 5.90. The number of para-hydroxylation sites is 1. The molecule has 0 unspecified atom stereocenters. The van der Waals surface area contributed by atoms with Crippen LogP contribution in [0.1, 0.15) is 17.8 Å². The Balaban J connectivity index is 1.38. The van der Waals surface area contributed by atoms with Crippen molar-refractivity contribution in [3.63, 3.8) is 0 Å². The van der Waals surface area contributed by atoms with Crippen LogP contribution in [-0.4, -0.2) is 37.8 Å². The topological polar surface area (TPSA) is 97.2 Å². The third-order valence-corrected chi connectivity index (χ3v) is 4.25. The minimum Gasteiger partial charge on any atom is -0.480 e. The lowest BCUT2D eigenvalue weighted by atomic mass is 10.1. The lowest BCUT2D eigenvalue weighted by Crippen LogP contribution is -2.24. The van der Waals surface area contributed by atoms with Crippen molar-refractivity contribution in [2.24, 2.45) is 0 Å². The van der Waals surface area contributed by atoms with Gasteiger partial charge in [-0.25, -0.2) is 0 Å². The monoisotopic (exact) mass is 350 g/mol. The van der Waals surface area contributed by atoms with E-state index in [-0.39, 0.29) is 12.5 Å². The van der Waals surface area contributed by atoms with Gasteiger partial charge < -0.3 is 15.0 Å². The number of fused-ring (bicyclic) bond motifs is 2. The Kier molecular flexibility index (Phi) is 4.22. The molecule has 1 amide bonds. The fourth-order valence-electron chi connectivity index (χ4n) is 2.89. The van der Waals surface area contributed by atoms with Crippen molar-refractivity contribution in [1.29, 1.82) is 0 Å². The van der Waals surface area contributed by atoms with Crippen molar-refractivity contribution < 1.29 is 9.53 Å². The number of benzene rings is 1. The van der Waals surface area contributed by atoms with Gasteiger partial charge in [0.1, 0.15) is 0 Å². The highest BCUT2D eigenvalue weighted by atomic mass is 16.5. The predicted octanol–water partition coefficient (Wildman–Crippen LogP) is 1.86. The molecule has 0 saturated heterocycles. The molecule has 0 atom stereocenters. The number of rotatable bonds is 6. The molecular weight excluding hydrogens is 332 g/mol. The number of amides is 1. The molecule has 0 aliphatic heterocycles. The first kappa shape index (κ1) is 16.1. The molecule has 0 radical (unpaired) electrons. The number of carbonyl (C=O) groups excluding carboxylic acids is 1. The van der Waals surface area contributed by atoms with Gasteiger partial charge in [0.05, 0.1) is 13.7 Å². The average molecular weight is 350 g/mol. The maximum atomic E-state index is 12.2. The SMILES string of the molecule is COc1ccc2nnc(CNC(=O)CCc3c[nH]c4ccccc34)n2n1. The van der Waals surface area contributed by atoms with Crippen LogP contribution in [0, 0.1) is 0 Å². The van der Waals surface area contributed by atoms with Crippen molar-refractivity contribution in [2.45, 2.75) is 19.4 Å². The van der Waals surface area contributed by atoms with Gasteiger partial charge in [0, 0.05) is 29.6 Å². The number of carbonyl (C=O) groups is 1. The smallest absolute Gasteiger partial charge is 0.231 e. The van der Waals surface area contributed by atoms with Crippen LogP contribution < -0.4 is 10.1 Å². The van der Waals surface area contributed by atoms with Gasteiger partial charge in [-0.3, -0.25) is 4.79 Å². The van der Waals surface area contributed by atoms with Gasteiger partial charge in [-0.15, -0.1) is 15.3 Å². The number of nitrogens with one attached hydrogen (secondary N) is 2. The molecule has 0 saturated carbocycles. The van der Waals surface area contributed by atoms with Crippen LogP contribution in [0.3, 0.4) is 0 Å². The summed E-state index contributed by atoms with van der Waals surface area (Å²) in [5.74, 6) is 0.971. The fourth-order valence-corrected chi connectivity index (χ4v) is 2.89. The molecule has 0 fully saturated rings. The van der Waals surface area contributed by atoms with Crippen molar-refractivity contribution >= 4 is 22.5 Å². The maximum absolute atomic E-state index is 12.2. The van der Waals surface area contributed by atoms with Crippen molar-refractivity contribution in [3.05, 3.63) is 54.0 Å². The first-order chi connectivity index (χ1) is 12.7. The van der Waals surface area contributed by atoms with Gasteiger partial charge in [0.25, 0.3) is 0 Å². The molecule has 4 aromatic rings. The molecule has 0 bridgehead atoms. The molecule has 3 heterocycles. The molecule has 0 aliphatic carbocycles. The Bertz CT molecular complexity index is 1070. The van der Waals surface area contributed by atoms with E-state index in [2.05, 4.69) is 31.7 Å². The highest BCUT2D eigenvalue weighted by Gasteiger charge is 2.11. The lowest BCUT2D eigenvalue weighted by Gasteiger charge is -2.04. The quantitative estimate of drug-likeness (QED) is 0.553. The first-order valence-corrected chi connectivity index (χ1v) is 8.31. The fraction of sp³-hybridized carbons (Fsp3) is 0.222. The van der Waals surface area contributed by atoms with Crippen LogP contribution in [-0.2, 0) is 17.8 Å². The summed E-state index contributed by atoms with van der Waals surface area (Å²) in [4.78, 5) is 15.4. The molecule has 1 aromatic carbocycles. The van der Waals surface area contributed by atoms with Crippen LogP contribution in [0.4, 0.5) is 0 Å². The van der Waals surface area contributed by atoms with Crippen LogP contribution in [0.2, 0.25) is 0 Å². The number of aromatic nitrogens is 5. The Labute approximate surface area is 149 Å². The van der Waals surface area contributed by atoms with Crippen LogP contribution >= 0.6 is 0 Å². The summed E-state index contributed by atoms with van der Waals surface area (Å²) in [6.07, 6.45) is 3.03. The maximum Gasteiger partial charge on any atom is 0.231 e. The van der Waals surface area contributed by atoms with Gasteiger partial charge in [-0.05, 0) is 24.1 Å². The average Bonchev–Trinajstić information content (AvgIpc) is 3.28. The number of hydrogen-bond acceptors (Lipinski definition) is 5. The molecule has 8 nitrogen and oxygen atoms in total. The number of nitrogens with zero attached hydrogens (tertiary/aromatic N) is 4. The molecule has 2 N–H and O–H groups in total. The van der Waals surface area contributed by atoms with E-state index in [0.717, 1.165) is 16.5 Å². The Morgan fingerprint density at radius 1 is 1.23 bits per heavy atom. The third-order valence-electron chi connectivity index (χ3n) is 4.25. The Morgan fingerprint density at radius 3 is 3.00 bits per heavy atom. The number of H-pyrrole nitrogens is 1. The number of aromatic amines is 1. The number of ether oxygens (including phenoxy) is 1. The van der Waals surface area contributed by atoms with Gasteiger partial charge in [-0.1, -0.05) is 18.2 Å². The zero-order valence-corrected chi connectivity index (χ0v) is 14.3. The molecule has 4 rings (SSSR count). The van der Waals surface area contributed by atoms with E-state index >= 15 is 0 Å². The van der Waals surface area contributed by atoms with Crippen LogP contribution in [0.5, 0.6) is 5.88 Å². The van der Waals surface area contributed by atoms with E-state index in [4.69, 9.17) is 4.74 Å². The molecule has 8 heteroatoms. The summed E-state index contributed by atoms with van der Waals surface area (Å²) in [6.45, 7) is 0.258. The minimum atomic E-state index is -0.0464. The van der Waals surface area contributed by atoms with E-state index in [1.54, 1.807) is 23.8 Å². The van der Waals surface area contributed by atoms with E-state index < -0.39 is 0 Å². The van der Waals surface area contributed by atoms with E-state index in [1.165, 1.54) is 0 Å². The summed E-state index contributed by atoms with van der Waals surface area (Å²) >= 11 is 0. The van der Waals surface area contributed by atoms with Gasteiger partial charge in [-0.2, -0.15) is 4.52 Å². The Hall–Kier alpha value is -3.42. The van der Waals surface area contributed by atoms with E-state index in [1.807, 2.05) is 24.4 Å². The minimum absolute atomic E-state index is 0.0464. The van der Waals surface area contributed by atoms with Crippen LogP contribution in [0.25, 0.3) is 16.6 Å². The normalized spacial score (nSPS) is 11.1. The molecule has 3 aromatic heterocycles. The van der Waals surface area contributed by atoms with E-state index in [9.17, 15) is 4.79 Å². The van der Waals surface area contributed by atoms with Gasteiger partial charge in [0.15, 0.2) is 11.5 Å². The molecule has 0 spiro atoms. The summed E-state index contributed by atoms with van der Waals surface area (Å²) in [5.41, 5.74) is 2.82. The summed E-state index contributed by atoms with van der Waals surface area (Å²) in [6, 6.07) is 11.5. The number of methoxy groups -OCH3 is 1. The van der Waals surface area contributed by atoms with Crippen molar-refractivity contribution in [3.8, 4) is 5.88 Å². The molecular formula is C18H18N6O2. The van der Waals surface area contributed by atoms with Crippen molar-refractivity contribution in [2.75, 3.05) is 7.11 Å². The predicted molar refractivity (Wildman–Crippen MR) is 95.8 cm³/mol. The highest BCUT2D eigenvalue weighted by Crippen LogP contribution is 2.18. The molecule has 132 valence electrons. The summed E-state index contributed by atoms with van der Waals surface area (Å²) < 4.78 is 6.68. The van der Waals surface area contributed by atoms with Crippen LogP contribution in [0.15, 0.2) is 42.6 Å². The van der Waals surface area contributed by atoms with Gasteiger partial charge in [0.2, 0.25) is 11.8 Å². The largest absolute Gasteiger partial charge is 0.480 e. The lowest BCUT2D eigenvalue weighted by molar-refractivity contribution is -0.121. The second kappa shape index (κ2) is 6.83. The zero-order chi connectivity index (χ0) is 17.9. The molecule has 26 heavy (non-hydrogen) atoms. The second-order valence-corrected chi connectivity index (χ2v) is 5.90. The first-order valence-electron chi connectivity index (χ1n) is 8.31. The summed E-state index contributed by atoms with van der Waals surface area (Å²) in [5, 5.41) is 16.4. The standard InChI is InChI=1S/C18H18N6O2/c1-26-18-9-7-15-21-22-16(24(15)23-18)11-20-17(25)8-6-12-10-19-14-5-3-2-4-13(12)14/h2-5,7,9-10,19H,6,8,11H2,1H3,(H,20,25). The van der Waals surface area contributed by atoms with Crippen molar-refractivity contribution in [1.82, 2.24) is 30.1 Å². The number of aryl methyl sites for hydroxylation is 1. The highest BCUT2D eigenvalue weighted by molar-refractivity contribution is 5.84. The molecule has 0 aliphatic rings. The Morgan fingerprint density at radius 2 is 2.12 bits per heavy atom. The third kappa shape index (κ3) is 3.08. The zero-order valence-electron chi connectivity index (χ0n) is 14.3.